The van der Waals surface area contributed by atoms with Crippen molar-refractivity contribution in [2.45, 2.75) is 12.7 Å². The maximum Gasteiger partial charge on any atom is 0.416 e. The Morgan fingerprint density at radius 1 is 1.27 bits per heavy atom. The van der Waals surface area contributed by atoms with Gasteiger partial charge in [-0.15, -0.1) is 12.4 Å². The van der Waals surface area contributed by atoms with E-state index in [9.17, 15) is 13.2 Å². The van der Waals surface area contributed by atoms with Gasteiger partial charge in [-0.05, 0) is 30.8 Å². The molecule has 0 heterocycles. The van der Waals surface area contributed by atoms with E-state index in [2.05, 4.69) is 21.2 Å². The van der Waals surface area contributed by atoms with Crippen LogP contribution in [0.3, 0.4) is 0 Å². The van der Waals surface area contributed by atoms with Crippen molar-refractivity contribution in [1.82, 2.24) is 5.32 Å². The van der Waals surface area contributed by atoms with Crippen LogP contribution in [0.2, 0.25) is 0 Å². The summed E-state index contributed by atoms with van der Waals surface area (Å²) < 4.78 is 37.5. The van der Waals surface area contributed by atoms with Crippen molar-refractivity contribution in [2.24, 2.45) is 0 Å². The zero-order valence-corrected chi connectivity index (χ0v) is 10.3. The highest BCUT2D eigenvalue weighted by Crippen LogP contribution is 2.31. The molecule has 0 amide bonds. The van der Waals surface area contributed by atoms with Crippen LogP contribution in [0.25, 0.3) is 0 Å². The summed E-state index contributed by atoms with van der Waals surface area (Å²) in [7, 11) is 1.69. The Morgan fingerprint density at radius 2 is 1.87 bits per heavy atom. The van der Waals surface area contributed by atoms with Crippen LogP contribution in [0.1, 0.15) is 11.1 Å². The fourth-order valence-electron chi connectivity index (χ4n) is 1.12. The van der Waals surface area contributed by atoms with Gasteiger partial charge in [0.1, 0.15) is 0 Å². The summed E-state index contributed by atoms with van der Waals surface area (Å²) in [6, 6.07) is 3.87. The summed E-state index contributed by atoms with van der Waals surface area (Å²) in [6.07, 6.45) is -4.29. The van der Waals surface area contributed by atoms with Gasteiger partial charge in [0.2, 0.25) is 0 Å². The Morgan fingerprint density at radius 3 is 2.33 bits per heavy atom. The summed E-state index contributed by atoms with van der Waals surface area (Å²) >= 11 is 3.05. The molecule has 0 saturated carbocycles. The van der Waals surface area contributed by atoms with Gasteiger partial charge in [0.15, 0.2) is 0 Å². The van der Waals surface area contributed by atoms with Crippen LogP contribution in [0.4, 0.5) is 13.2 Å². The fourth-order valence-corrected chi connectivity index (χ4v) is 1.66. The maximum absolute atomic E-state index is 12.3. The van der Waals surface area contributed by atoms with Gasteiger partial charge in [-0.1, -0.05) is 15.9 Å². The molecule has 1 aromatic rings. The molecule has 0 spiro atoms. The molecule has 6 heteroatoms. The van der Waals surface area contributed by atoms with E-state index in [1.54, 1.807) is 13.1 Å². The van der Waals surface area contributed by atoms with Gasteiger partial charge in [-0.3, -0.25) is 0 Å². The van der Waals surface area contributed by atoms with Crippen LogP contribution in [-0.4, -0.2) is 7.05 Å². The monoisotopic (exact) mass is 303 g/mol. The van der Waals surface area contributed by atoms with Gasteiger partial charge in [0, 0.05) is 11.0 Å². The second-order valence-electron chi connectivity index (χ2n) is 2.88. The van der Waals surface area contributed by atoms with E-state index >= 15 is 0 Å². The lowest BCUT2D eigenvalue weighted by atomic mass is 10.1. The number of alkyl halides is 3. The smallest absolute Gasteiger partial charge is 0.316 e. The molecule has 0 atom stereocenters. The van der Waals surface area contributed by atoms with E-state index < -0.39 is 11.7 Å². The third kappa shape index (κ3) is 4.40. The van der Waals surface area contributed by atoms with Gasteiger partial charge in [0.25, 0.3) is 0 Å². The van der Waals surface area contributed by atoms with Gasteiger partial charge in [0.05, 0.1) is 5.56 Å². The molecule has 1 N–H and O–H groups in total. The summed E-state index contributed by atoms with van der Waals surface area (Å²) in [5.74, 6) is 0. The summed E-state index contributed by atoms with van der Waals surface area (Å²) in [4.78, 5) is 0. The maximum atomic E-state index is 12.3. The zero-order chi connectivity index (χ0) is 10.8. The predicted octanol–water partition coefficient (Wildman–Crippen LogP) is 3.61. The van der Waals surface area contributed by atoms with Crippen LogP contribution in [0.5, 0.6) is 0 Å². The Hall–Kier alpha value is -0.260. The molecule has 1 rings (SSSR count). The molecule has 0 bridgehead atoms. The van der Waals surface area contributed by atoms with Gasteiger partial charge >= 0.3 is 6.18 Å². The van der Waals surface area contributed by atoms with E-state index in [4.69, 9.17) is 0 Å². The van der Waals surface area contributed by atoms with Crippen LogP contribution in [0, 0.1) is 0 Å². The predicted molar refractivity (Wildman–Crippen MR) is 59.2 cm³/mol. The second kappa shape index (κ2) is 5.72. The third-order valence-electron chi connectivity index (χ3n) is 1.67. The fraction of sp³-hybridized carbons (Fsp3) is 0.333. The van der Waals surface area contributed by atoms with Crippen molar-refractivity contribution in [2.75, 3.05) is 7.05 Å². The number of nitrogens with one attached hydrogen (secondary N) is 1. The first-order chi connectivity index (χ1) is 6.43. The average molecular weight is 305 g/mol. The second-order valence-corrected chi connectivity index (χ2v) is 3.79. The highest BCUT2D eigenvalue weighted by atomic mass is 79.9. The molecular formula is C9H10BrClF3N. The summed E-state index contributed by atoms with van der Waals surface area (Å²) in [6.45, 7) is 0.419. The van der Waals surface area contributed by atoms with Crippen LogP contribution < -0.4 is 5.32 Å². The summed E-state index contributed by atoms with van der Waals surface area (Å²) in [5, 5.41) is 2.80. The van der Waals surface area contributed by atoms with Crippen molar-refractivity contribution in [3.05, 3.63) is 33.8 Å². The highest BCUT2D eigenvalue weighted by Gasteiger charge is 2.30. The molecule has 1 nitrogen and oxygen atoms in total. The molecule has 0 aliphatic heterocycles. The molecule has 1 aromatic carbocycles. The molecule has 0 radical (unpaired) electrons. The van der Waals surface area contributed by atoms with E-state index in [1.165, 1.54) is 0 Å². The van der Waals surface area contributed by atoms with Gasteiger partial charge in [-0.2, -0.15) is 13.2 Å². The normalized spacial score (nSPS) is 11.0. The third-order valence-corrected chi connectivity index (χ3v) is 2.12. The van der Waals surface area contributed by atoms with Crippen molar-refractivity contribution < 1.29 is 13.2 Å². The van der Waals surface area contributed by atoms with Crippen LogP contribution in [0.15, 0.2) is 22.7 Å². The topological polar surface area (TPSA) is 12.0 Å². The van der Waals surface area contributed by atoms with E-state index in [-0.39, 0.29) is 12.4 Å². The molecule has 0 saturated heterocycles. The molecule has 0 aromatic heterocycles. The zero-order valence-electron chi connectivity index (χ0n) is 7.86. The van der Waals surface area contributed by atoms with Crippen molar-refractivity contribution in [3.63, 3.8) is 0 Å². The standard InChI is InChI=1S/C9H9BrF3N.ClH/c1-14-5-6-2-7(9(11,12)13)4-8(10)3-6;/h2-4,14H,5H2,1H3;1H. The lowest BCUT2D eigenvalue weighted by molar-refractivity contribution is -0.137. The quantitative estimate of drug-likeness (QED) is 0.880. The van der Waals surface area contributed by atoms with E-state index in [0.29, 0.717) is 16.6 Å². The van der Waals surface area contributed by atoms with Crippen LogP contribution >= 0.6 is 28.3 Å². The Balaban J connectivity index is 0.00000196. The van der Waals surface area contributed by atoms with Gasteiger partial charge in [-0.25, -0.2) is 0 Å². The first-order valence-electron chi connectivity index (χ1n) is 3.95. The largest absolute Gasteiger partial charge is 0.416 e. The number of benzene rings is 1. The molecule has 0 aliphatic carbocycles. The SMILES string of the molecule is CNCc1cc(Br)cc(C(F)(F)F)c1.Cl. The van der Waals surface area contributed by atoms with Crippen LogP contribution in [-0.2, 0) is 12.7 Å². The number of hydrogen-bond acceptors (Lipinski definition) is 1. The Bertz CT molecular complexity index is 328. The molecule has 0 aliphatic rings. The number of halogens is 5. The van der Waals surface area contributed by atoms with Crippen molar-refractivity contribution in [1.29, 1.82) is 0 Å². The molecule has 86 valence electrons. The molecule has 0 unspecified atom stereocenters. The number of hydrogen-bond donors (Lipinski definition) is 1. The minimum absolute atomic E-state index is 0. The molecule has 15 heavy (non-hydrogen) atoms. The minimum atomic E-state index is -4.29. The Kier molecular flexibility index (Phi) is 5.62. The lowest BCUT2D eigenvalue weighted by Gasteiger charge is -2.09. The first kappa shape index (κ1) is 14.7. The van der Waals surface area contributed by atoms with Gasteiger partial charge < -0.3 is 5.32 Å². The van der Waals surface area contributed by atoms with E-state index in [0.717, 1.165) is 12.1 Å². The average Bonchev–Trinajstić information content (AvgIpc) is 2.02. The number of rotatable bonds is 2. The van der Waals surface area contributed by atoms with E-state index in [1.807, 2.05) is 0 Å². The van der Waals surface area contributed by atoms with Crippen molar-refractivity contribution in [3.8, 4) is 0 Å². The lowest BCUT2D eigenvalue weighted by Crippen LogP contribution is -2.09. The minimum Gasteiger partial charge on any atom is -0.316 e. The van der Waals surface area contributed by atoms with Crippen molar-refractivity contribution >= 4 is 28.3 Å². The molecular weight excluding hydrogens is 294 g/mol. The first-order valence-corrected chi connectivity index (χ1v) is 4.74. The summed E-state index contributed by atoms with van der Waals surface area (Å²) in [5.41, 5.74) is -0.0219. The highest BCUT2D eigenvalue weighted by molar-refractivity contribution is 9.10. The molecule has 0 fully saturated rings. The Labute approximate surface area is 101 Å².